The number of fused-ring (bicyclic) bond motifs is 1. The topological polar surface area (TPSA) is 72.7 Å². The molecule has 1 amide bonds. The maximum atomic E-state index is 13.6. The van der Waals surface area contributed by atoms with Crippen molar-refractivity contribution in [2.75, 3.05) is 11.4 Å². The molecule has 0 saturated heterocycles. The third-order valence-corrected chi connectivity index (χ3v) is 3.41. The summed E-state index contributed by atoms with van der Waals surface area (Å²) in [7, 11) is 0. The van der Waals surface area contributed by atoms with Crippen LogP contribution >= 0.6 is 0 Å². The number of anilines is 1. The van der Waals surface area contributed by atoms with Crippen molar-refractivity contribution in [1.29, 1.82) is 0 Å². The van der Waals surface area contributed by atoms with Crippen LogP contribution in [0.1, 0.15) is 12.8 Å². The summed E-state index contributed by atoms with van der Waals surface area (Å²) in [4.78, 5) is 23.4. The van der Waals surface area contributed by atoms with Crippen LogP contribution in [0.25, 0.3) is 0 Å². The van der Waals surface area contributed by atoms with Crippen molar-refractivity contribution in [3.05, 3.63) is 28.1 Å². The normalized spacial score (nSPS) is 18.2. The number of hydrogen-bond acceptors (Lipinski definition) is 4. The van der Waals surface area contributed by atoms with Crippen molar-refractivity contribution in [2.45, 2.75) is 18.4 Å². The SMILES string of the molecule is C#CCN1C(=O)C2(CC2)Oc2cc(F)c([N+](=O)[O-])cc21. The molecular weight excluding hydrogens is 267 g/mol. The molecule has 0 N–H and O–H groups in total. The van der Waals surface area contributed by atoms with Crippen molar-refractivity contribution >= 4 is 17.3 Å². The van der Waals surface area contributed by atoms with Gasteiger partial charge in [0.15, 0.2) is 5.60 Å². The van der Waals surface area contributed by atoms with Gasteiger partial charge in [0.1, 0.15) is 5.75 Å². The molecular formula is C13H9FN2O4. The van der Waals surface area contributed by atoms with E-state index >= 15 is 0 Å². The van der Waals surface area contributed by atoms with Crippen LogP contribution in [-0.4, -0.2) is 23.0 Å². The molecule has 1 spiro atoms. The number of ether oxygens (including phenoxy) is 1. The van der Waals surface area contributed by atoms with Crippen molar-refractivity contribution in [3.8, 4) is 18.1 Å². The van der Waals surface area contributed by atoms with E-state index in [1.165, 1.54) is 4.90 Å². The quantitative estimate of drug-likeness (QED) is 0.467. The molecule has 7 heteroatoms. The summed E-state index contributed by atoms with van der Waals surface area (Å²) in [5.41, 5.74) is -1.54. The van der Waals surface area contributed by atoms with Gasteiger partial charge in [-0.15, -0.1) is 6.42 Å². The van der Waals surface area contributed by atoms with Gasteiger partial charge in [0, 0.05) is 25.0 Å². The molecule has 102 valence electrons. The highest BCUT2D eigenvalue weighted by molar-refractivity contribution is 6.05. The molecule has 0 atom stereocenters. The fourth-order valence-electron chi connectivity index (χ4n) is 2.25. The Kier molecular flexibility index (Phi) is 2.44. The summed E-state index contributed by atoms with van der Waals surface area (Å²) in [6.07, 6.45) is 6.29. The smallest absolute Gasteiger partial charge is 0.307 e. The first-order valence-corrected chi connectivity index (χ1v) is 5.91. The van der Waals surface area contributed by atoms with E-state index in [4.69, 9.17) is 11.2 Å². The van der Waals surface area contributed by atoms with E-state index in [0.717, 1.165) is 12.1 Å². The second-order valence-corrected chi connectivity index (χ2v) is 4.72. The molecule has 2 aliphatic rings. The summed E-state index contributed by atoms with van der Waals surface area (Å²) in [6, 6.07) is 1.92. The molecule has 6 nitrogen and oxygen atoms in total. The van der Waals surface area contributed by atoms with Gasteiger partial charge < -0.3 is 4.74 Å². The van der Waals surface area contributed by atoms with E-state index in [0.29, 0.717) is 12.8 Å². The van der Waals surface area contributed by atoms with Gasteiger partial charge in [-0.1, -0.05) is 5.92 Å². The van der Waals surface area contributed by atoms with Crippen LogP contribution in [0, 0.1) is 28.3 Å². The molecule has 0 aromatic heterocycles. The average Bonchev–Trinajstić information content (AvgIpc) is 3.15. The van der Waals surface area contributed by atoms with E-state index in [2.05, 4.69) is 5.92 Å². The summed E-state index contributed by atoms with van der Waals surface area (Å²) < 4.78 is 19.2. The molecule has 3 rings (SSSR count). The number of rotatable bonds is 2. The Morgan fingerprint density at radius 2 is 2.25 bits per heavy atom. The fourth-order valence-corrected chi connectivity index (χ4v) is 2.25. The first kappa shape index (κ1) is 12.4. The highest BCUT2D eigenvalue weighted by Gasteiger charge is 2.58. The third-order valence-electron chi connectivity index (χ3n) is 3.41. The molecule has 1 aromatic carbocycles. The summed E-state index contributed by atoms with van der Waals surface area (Å²) in [5.74, 6) is 1.10. The van der Waals surface area contributed by atoms with E-state index in [1.54, 1.807) is 0 Å². The van der Waals surface area contributed by atoms with E-state index < -0.39 is 22.0 Å². The molecule has 1 aliphatic heterocycles. The maximum absolute atomic E-state index is 13.6. The molecule has 1 saturated carbocycles. The number of carbonyl (C=O) groups excluding carboxylic acids is 1. The summed E-state index contributed by atoms with van der Waals surface area (Å²) >= 11 is 0. The summed E-state index contributed by atoms with van der Waals surface area (Å²) in [6.45, 7) is -0.0419. The molecule has 1 fully saturated rings. The van der Waals surface area contributed by atoms with Crippen LogP contribution in [0.4, 0.5) is 15.8 Å². The minimum Gasteiger partial charge on any atom is -0.475 e. The average molecular weight is 276 g/mol. The Bertz CT molecular complexity index is 676. The number of terminal acetylenes is 1. The van der Waals surface area contributed by atoms with Gasteiger partial charge in [0.25, 0.3) is 5.91 Å². The second-order valence-electron chi connectivity index (χ2n) is 4.72. The zero-order valence-electron chi connectivity index (χ0n) is 10.3. The first-order valence-electron chi connectivity index (χ1n) is 5.91. The van der Waals surface area contributed by atoms with Crippen LogP contribution in [0.2, 0.25) is 0 Å². The van der Waals surface area contributed by atoms with Crippen LogP contribution in [0.5, 0.6) is 5.75 Å². The first-order chi connectivity index (χ1) is 9.48. The largest absolute Gasteiger partial charge is 0.475 e. The number of nitrogens with zero attached hydrogens (tertiary/aromatic N) is 2. The molecule has 20 heavy (non-hydrogen) atoms. The Morgan fingerprint density at radius 1 is 1.55 bits per heavy atom. The number of nitro groups is 1. The third kappa shape index (κ3) is 1.61. The zero-order valence-corrected chi connectivity index (χ0v) is 10.3. The van der Waals surface area contributed by atoms with Crippen molar-refractivity contribution in [2.24, 2.45) is 0 Å². The lowest BCUT2D eigenvalue weighted by molar-refractivity contribution is -0.387. The van der Waals surface area contributed by atoms with Gasteiger partial charge in [0.2, 0.25) is 5.82 Å². The minimum absolute atomic E-state index is 0.0419. The number of nitro benzene ring substituents is 1. The molecule has 0 radical (unpaired) electrons. The molecule has 0 unspecified atom stereocenters. The number of hydrogen-bond donors (Lipinski definition) is 0. The van der Waals surface area contributed by atoms with Gasteiger partial charge in [-0.2, -0.15) is 4.39 Å². The van der Waals surface area contributed by atoms with Crippen molar-refractivity contribution in [1.82, 2.24) is 0 Å². The van der Waals surface area contributed by atoms with Crippen LogP contribution in [0.15, 0.2) is 12.1 Å². The van der Waals surface area contributed by atoms with Crippen LogP contribution < -0.4 is 9.64 Å². The lowest BCUT2D eigenvalue weighted by Gasteiger charge is -2.33. The van der Waals surface area contributed by atoms with Gasteiger partial charge in [-0.25, -0.2) is 0 Å². The predicted molar refractivity (Wildman–Crippen MR) is 66.8 cm³/mol. The Balaban J connectivity index is 2.16. The minimum atomic E-state index is -1.00. The predicted octanol–water partition coefficient (Wildman–Crippen LogP) is 1.63. The highest BCUT2D eigenvalue weighted by atomic mass is 19.1. The van der Waals surface area contributed by atoms with Gasteiger partial charge in [-0.05, 0) is 0 Å². The number of amides is 1. The van der Waals surface area contributed by atoms with E-state index in [1.807, 2.05) is 0 Å². The lowest BCUT2D eigenvalue weighted by Crippen LogP contribution is -2.47. The summed E-state index contributed by atoms with van der Waals surface area (Å²) in [5, 5.41) is 10.8. The van der Waals surface area contributed by atoms with E-state index in [-0.39, 0.29) is 23.9 Å². The number of benzene rings is 1. The van der Waals surface area contributed by atoms with Gasteiger partial charge >= 0.3 is 5.69 Å². The molecule has 1 aromatic rings. The molecule has 1 aliphatic carbocycles. The van der Waals surface area contributed by atoms with Gasteiger partial charge in [0.05, 0.1) is 17.2 Å². The van der Waals surface area contributed by atoms with E-state index in [9.17, 15) is 19.3 Å². The van der Waals surface area contributed by atoms with Crippen molar-refractivity contribution < 1.29 is 18.8 Å². The fraction of sp³-hybridized carbons (Fsp3) is 0.308. The van der Waals surface area contributed by atoms with Gasteiger partial charge in [-0.3, -0.25) is 19.8 Å². The van der Waals surface area contributed by atoms with Crippen molar-refractivity contribution in [3.63, 3.8) is 0 Å². The second kappa shape index (κ2) is 3.93. The monoisotopic (exact) mass is 276 g/mol. The number of carbonyl (C=O) groups is 1. The van der Waals surface area contributed by atoms with Crippen LogP contribution in [-0.2, 0) is 4.79 Å². The standard InChI is InChI=1S/C13H9FN2O4/c1-2-5-15-10-7-9(16(18)19)8(14)6-11(10)20-13(3-4-13)12(15)17/h1,6-7H,3-5H2. The Morgan fingerprint density at radius 3 is 2.80 bits per heavy atom. The Hall–Kier alpha value is -2.62. The van der Waals surface area contributed by atoms with Crippen LogP contribution in [0.3, 0.4) is 0 Å². The Labute approximate surface area is 113 Å². The molecule has 1 heterocycles. The number of halogens is 1. The maximum Gasteiger partial charge on any atom is 0.307 e. The zero-order chi connectivity index (χ0) is 14.5. The molecule has 0 bridgehead atoms. The lowest BCUT2D eigenvalue weighted by atomic mass is 10.1. The highest BCUT2D eigenvalue weighted by Crippen LogP contribution is 2.50.